The van der Waals surface area contributed by atoms with Gasteiger partial charge in [0.15, 0.2) is 0 Å². The Hall–Kier alpha value is -1.44. The quantitative estimate of drug-likeness (QED) is 0.905. The molecule has 0 bridgehead atoms. The zero-order valence-electron chi connectivity index (χ0n) is 13.1. The Morgan fingerprint density at radius 2 is 2.09 bits per heavy atom. The highest BCUT2D eigenvalue weighted by Crippen LogP contribution is 2.25. The van der Waals surface area contributed by atoms with Crippen LogP contribution in [-0.4, -0.2) is 61.9 Å². The number of rotatable bonds is 4. The number of benzene rings is 1. The third-order valence-corrected chi connectivity index (χ3v) is 6.26. The van der Waals surface area contributed by atoms with Gasteiger partial charge in [-0.2, -0.15) is 4.31 Å². The highest BCUT2D eigenvalue weighted by atomic mass is 32.2. The summed E-state index contributed by atoms with van der Waals surface area (Å²) >= 11 is 0. The molecular formula is C15H22N2O4S. The number of carbonyl (C=O) groups is 1. The molecule has 0 aliphatic carbocycles. The molecule has 1 aliphatic rings. The Morgan fingerprint density at radius 1 is 1.41 bits per heavy atom. The summed E-state index contributed by atoms with van der Waals surface area (Å²) in [5.41, 5.74) is 0.541. The van der Waals surface area contributed by atoms with Gasteiger partial charge >= 0.3 is 5.97 Å². The zero-order chi connectivity index (χ0) is 16.5. The van der Waals surface area contributed by atoms with E-state index in [1.54, 1.807) is 14.0 Å². The number of piperidine rings is 1. The van der Waals surface area contributed by atoms with Crippen LogP contribution in [0.2, 0.25) is 0 Å². The fraction of sp³-hybridized carbons (Fsp3) is 0.533. The maximum Gasteiger partial charge on any atom is 0.335 e. The van der Waals surface area contributed by atoms with Crippen LogP contribution in [0.1, 0.15) is 28.8 Å². The summed E-state index contributed by atoms with van der Waals surface area (Å²) in [4.78, 5) is 13.3. The van der Waals surface area contributed by atoms with E-state index in [9.17, 15) is 13.2 Å². The van der Waals surface area contributed by atoms with Gasteiger partial charge in [0.25, 0.3) is 0 Å². The van der Waals surface area contributed by atoms with E-state index < -0.39 is 16.0 Å². The van der Waals surface area contributed by atoms with Gasteiger partial charge in [-0.3, -0.25) is 0 Å². The van der Waals surface area contributed by atoms with E-state index in [2.05, 4.69) is 4.90 Å². The number of hydrogen-bond acceptors (Lipinski definition) is 4. The molecule has 0 amide bonds. The Labute approximate surface area is 131 Å². The molecule has 1 fully saturated rings. The minimum absolute atomic E-state index is 0.0154. The second-order valence-electron chi connectivity index (χ2n) is 5.86. The minimum Gasteiger partial charge on any atom is -0.478 e. The molecule has 1 saturated heterocycles. The number of nitrogens with zero attached hydrogens (tertiary/aromatic N) is 2. The van der Waals surface area contributed by atoms with E-state index >= 15 is 0 Å². The first-order chi connectivity index (χ1) is 10.2. The van der Waals surface area contributed by atoms with Crippen LogP contribution in [-0.2, 0) is 10.0 Å². The van der Waals surface area contributed by atoms with Gasteiger partial charge in [-0.25, -0.2) is 13.2 Å². The molecule has 1 aromatic carbocycles. The van der Waals surface area contributed by atoms with Crippen LogP contribution in [0.4, 0.5) is 0 Å². The van der Waals surface area contributed by atoms with E-state index in [-0.39, 0.29) is 16.5 Å². The SMILES string of the molecule is Cc1ccc(C(=O)O)cc1S(=O)(=O)N(C)[C@@H]1CCCN(C)C1. The van der Waals surface area contributed by atoms with Gasteiger partial charge < -0.3 is 10.0 Å². The van der Waals surface area contributed by atoms with Gasteiger partial charge in [0.1, 0.15) is 0 Å². The Kier molecular flexibility index (Phi) is 4.89. The summed E-state index contributed by atoms with van der Waals surface area (Å²) in [5.74, 6) is -1.13. The van der Waals surface area contributed by atoms with E-state index in [1.165, 1.54) is 22.5 Å². The Morgan fingerprint density at radius 3 is 2.68 bits per heavy atom. The predicted octanol–water partition coefficient (Wildman–Crippen LogP) is 1.41. The van der Waals surface area contributed by atoms with Crippen LogP contribution < -0.4 is 0 Å². The molecule has 1 aromatic rings. The molecule has 1 aliphatic heterocycles. The van der Waals surface area contributed by atoms with Crippen LogP contribution in [0.25, 0.3) is 0 Å². The normalized spacial score (nSPS) is 20.3. The van der Waals surface area contributed by atoms with Gasteiger partial charge in [0, 0.05) is 19.6 Å². The maximum absolute atomic E-state index is 12.8. The summed E-state index contributed by atoms with van der Waals surface area (Å²) in [6, 6.07) is 4.12. The molecule has 1 N–H and O–H groups in total. The van der Waals surface area contributed by atoms with Gasteiger partial charge in [-0.05, 0) is 51.1 Å². The molecule has 0 spiro atoms. The van der Waals surface area contributed by atoms with E-state index in [1.807, 2.05) is 7.05 Å². The highest BCUT2D eigenvalue weighted by molar-refractivity contribution is 7.89. The molecule has 2 rings (SSSR count). The molecule has 22 heavy (non-hydrogen) atoms. The number of likely N-dealkylation sites (tertiary alicyclic amines) is 1. The molecule has 0 unspecified atom stereocenters. The van der Waals surface area contributed by atoms with Gasteiger partial charge in [0.2, 0.25) is 10.0 Å². The number of carboxylic acid groups (broad SMARTS) is 1. The molecule has 122 valence electrons. The van der Waals surface area contributed by atoms with Gasteiger partial charge in [0.05, 0.1) is 10.5 Å². The van der Waals surface area contributed by atoms with E-state index in [4.69, 9.17) is 5.11 Å². The highest BCUT2D eigenvalue weighted by Gasteiger charge is 2.31. The first-order valence-corrected chi connectivity index (χ1v) is 8.68. The van der Waals surface area contributed by atoms with Crippen molar-refractivity contribution in [2.45, 2.75) is 30.7 Å². The summed E-state index contributed by atoms with van der Waals surface area (Å²) < 4.78 is 27.1. The van der Waals surface area contributed by atoms with Gasteiger partial charge in [-0.1, -0.05) is 6.07 Å². The molecule has 0 saturated carbocycles. The Balaban J connectivity index is 2.37. The molecule has 0 radical (unpaired) electrons. The lowest BCUT2D eigenvalue weighted by Gasteiger charge is -2.35. The molecule has 1 atom stereocenters. The second-order valence-corrected chi connectivity index (χ2v) is 7.83. The average Bonchev–Trinajstić information content (AvgIpc) is 2.46. The number of hydrogen-bond donors (Lipinski definition) is 1. The molecule has 1 heterocycles. The molecule has 0 aromatic heterocycles. The lowest BCUT2D eigenvalue weighted by atomic mass is 10.1. The van der Waals surface area contributed by atoms with E-state index in [0.29, 0.717) is 12.1 Å². The Bertz CT molecular complexity index is 672. The van der Waals surface area contributed by atoms with Crippen molar-refractivity contribution in [3.63, 3.8) is 0 Å². The third kappa shape index (κ3) is 3.31. The van der Waals surface area contributed by atoms with Crippen molar-refractivity contribution in [1.82, 2.24) is 9.21 Å². The van der Waals surface area contributed by atoms with E-state index in [0.717, 1.165) is 19.4 Å². The summed E-state index contributed by atoms with van der Waals surface area (Å²) in [5, 5.41) is 9.07. The van der Waals surface area contributed by atoms with Crippen LogP contribution in [0.15, 0.2) is 23.1 Å². The monoisotopic (exact) mass is 326 g/mol. The number of aromatic carboxylic acids is 1. The third-order valence-electron chi connectivity index (χ3n) is 4.21. The predicted molar refractivity (Wildman–Crippen MR) is 83.6 cm³/mol. The second kappa shape index (κ2) is 6.36. The van der Waals surface area contributed by atoms with Crippen LogP contribution in [0.5, 0.6) is 0 Å². The fourth-order valence-electron chi connectivity index (χ4n) is 2.80. The molecule has 6 nitrogen and oxygen atoms in total. The summed E-state index contributed by atoms with van der Waals surface area (Å²) in [6.45, 7) is 3.34. The number of carboxylic acids is 1. The van der Waals surface area contributed by atoms with Crippen molar-refractivity contribution in [3.05, 3.63) is 29.3 Å². The van der Waals surface area contributed by atoms with Crippen LogP contribution in [0, 0.1) is 6.92 Å². The van der Waals surface area contributed by atoms with Crippen molar-refractivity contribution in [2.75, 3.05) is 27.2 Å². The molecule has 7 heteroatoms. The smallest absolute Gasteiger partial charge is 0.335 e. The maximum atomic E-state index is 12.8. The van der Waals surface area contributed by atoms with Crippen molar-refractivity contribution in [2.24, 2.45) is 0 Å². The number of likely N-dealkylation sites (N-methyl/N-ethyl adjacent to an activating group) is 2. The number of sulfonamides is 1. The van der Waals surface area contributed by atoms with Crippen molar-refractivity contribution in [3.8, 4) is 0 Å². The first-order valence-electron chi connectivity index (χ1n) is 7.24. The average molecular weight is 326 g/mol. The van der Waals surface area contributed by atoms with Crippen LogP contribution in [0.3, 0.4) is 0 Å². The number of aryl methyl sites for hydroxylation is 1. The van der Waals surface area contributed by atoms with Crippen molar-refractivity contribution >= 4 is 16.0 Å². The minimum atomic E-state index is -3.71. The topological polar surface area (TPSA) is 77.9 Å². The van der Waals surface area contributed by atoms with Gasteiger partial charge in [-0.15, -0.1) is 0 Å². The zero-order valence-corrected chi connectivity index (χ0v) is 13.9. The largest absolute Gasteiger partial charge is 0.478 e. The lowest BCUT2D eigenvalue weighted by molar-refractivity contribution is 0.0696. The summed E-state index contributed by atoms with van der Waals surface area (Å²) in [6.07, 6.45) is 1.77. The van der Waals surface area contributed by atoms with Crippen molar-refractivity contribution in [1.29, 1.82) is 0 Å². The van der Waals surface area contributed by atoms with Crippen molar-refractivity contribution < 1.29 is 18.3 Å². The lowest BCUT2D eigenvalue weighted by Crippen LogP contribution is -2.47. The van der Waals surface area contributed by atoms with Crippen LogP contribution >= 0.6 is 0 Å². The first kappa shape index (κ1) is 16.9. The molecular weight excluding hydrogens is 304 g/mol. The summed E-state index contributed by atoms with van der Waals surface area (Å²) in [7, 11) is -0.155. The fourth-order valence-corrected chi connectivity index (χ4v) is 4.42. The standard InChI is InChI=1S/C15H22N2O4S/c1-11-6-7-12(15(18)19)9-14(11)22(20,21)17(3)13-5-4-8-16(2)10-13/h6-7,9,13H,4-5,8,10H2,1-3H3,(H,18,19)/t13-/m1/s1.